The van der Waals surface area contributed by atoms with Crippen molar-refractivity contribution < 1.29 is 9.90 Å². The molecule has 0 aromatic rings. The van der Waals surface area contributed by atoms with E-state index in [-0.39, 0.29) is 0 Å². The molecule has 0 spiro atoms. The number of rotatable bonds is 3. The lowest BCUT2D eigenvalue weighted by Crippen LogP contribution is -2.00. The van der Waals surface area contributed by atoms with Gasteiger partial charge in [-0.2, -0.15) is 0 Å². The number of hydrogen-bond donors (Lipinski definition) is 1. The molecule has 3 heteroatoms. The fourth-order valence-corrected chi connectivity index (χ4v) is 0.680. The summed E-state index contributed by atoms with van der Waals surface area (Å²) in [5.74, 6) is -0.510. The molecule has 1 N–H and O–H groups in total. The molecule has 0 aliphatic carbocycles. The molecule has 0 aliphatic rings. The van der Waals surface area contributed by atoms with Gasteiger partial charge >= 0.3 is 5.97 Å². The van der Waals surface area contributed by atoms with Gasteiger partial charge in [0.05, 0.1) is 0 Å². The molecule has 0 bridgehead atoms. The zero-order valence-corrected chi connectivity index (χ0v) is 5.98. The van der Waals surface area contributed by atoms with Gasteiger partial charge in [-0.15, -0.1) is 11.6 Å². The second-order valence-electron chi connectivity index (χ2n) is 1.56. The molecule has 0 unspecified atom stereocenters. The summed E-state index contributed by atoms with van der Waals surface area (Å²) in [5.41, 5.74) is 0.380. The van der Waals surface area contributed by atoms with Crippen LogP contribution < -0.4 is 0 Å². The van der Waals surface area contributed by atoms with Gasteiger partial charge in [0, 0.05) is 11.5 Å². The molecule has 52 valence electrons. The highest BCUT2D eigenvalue weighted by atomic mass is 35.5. The lowest BCUT2D eigenvalue weighted by Gasteiger charge is -1.94. The number of aliphatic carboxylic acids is 1. The van der Waals surface area contributed by atoms with Crippen LogP contribution in [0.3, 0.4) is 0 Å². The predicted octanol–water partition coefficient (Wildman–Crippen LogP) is 1.65. The first-order valence-electron chi connectivity index (χ1n) is 2.66. The first-order valence-corrected chi connectivity index (χ1v) is 3.20. The Morgan fingerprint density at radius 3 is 2.44 bits per heavy atom. The van der Waals surface area contributed by atoms with E-state index in [0.717, 1.165) is 0 Å². The fraction of sp³-hybridized carbons (Fsp3) is 0.500. The van der Waals surface area contributed by atoms with E-state index in [4.69, 9.17) is 16.7 Å². The van der Waals surface area contributed by atoms with Crippen LogP contribution in [0.5, 0.6) is 0 Å². The molecular weight excluding hydrogens is 140 g/mol. The van der Waals surface area contributed by atoms with Crippen molar-refractivity contribution in [3.63, 3.8) is 0 Å². The quantitative estimate of drug-likeness (QED) is 0.488. The molecule has 0 radical (unpaired) electrons. The van der Waals surface area contributed by atoms with Crippen LogP contribution in [-0.2, 0) is 4.79 Å². The number of carbonyl (C=O) groups is 1. The molecule has 0 aromatic carbocycles. The normalized spacial score (nSPS) is 11.6. The lowest BCUT2D eigenvalue weighted by atomic mass is 10.2. The second kappa shape index (κ2) is 4.39. The summed E-state index contributed by atoms with van der Waals surface area (Å²) in [6, 6.07) is 0. The minimum atomic E-state index is -0.877. The minimum absolute atomic E-state index is 0.367. The van der Waals surface area contributed by atoms with Gasteiger partial charge in [0.25, 0.3) is 0 Å². The Balaban J connectivity index is 3.85. The third kappa shape index (κ3) is 3.14. The summed E-state index contributed by atoms with van der Waals surface area (Å²) in [5, 5.41) is 8.38. The topological polar surface area (TPSA) is 37.3 Å². The van der Waals surface area contributed by atoms with E-state index >= 15 is 0 Å². The van der Waals surface area contributed by atoms with Gasteiger partial charge in [0.15, 0.2) is 0 Å². The molecular formula is C6H9ClO2. The van der Waals surface area contributed by atoms with E-state index in [1.165, 1.54) is 0 Å². The van der Waals surface area contributed by atoms with Crippen molar-refractivity contribution in [3.8, 4) is 0 Å². The third-order valence-corrected chi connectivity index (χ3v) is 1.18. The number of alkyl halides is 1. The Bertz CT molecular complexity index is 129. The van der Waals surface area contributed by atoms with E-state index in [1.807, 2.05) is 0 Å². The zero-order chi connectivity index (χ0) is 7.28. The molecule has 0 atom stereocenters. The summed E-state index contributed by atoms with van der Waals surface area (Å²) in [7, 11) is 0. The molecule has 9 heavy (non-hydrogen) atoms. The maximum Gasteiger partial charge on any atom is 0.331 e. The Kier molecular flexibility index (Phi) is 4.14. The molecule has 0 aliphatic heterocycles. The summed E-state index contributed by atoms with van der Waals surface area (Å²) >= 11 is 5.31. The Morgan fingerprint density at radius 2 is 2.33 bits per heavy atom. The summed E-state index contributed by atoms with van der Waals surface area (Å²) in [4.78, 5) is 10.2. The second-order valence-corrected chi connectivity index (χ2v) is 1.94. The highest BCUT2D eigenvalue weighted by molar-refractivity contribution is 6.18. The smallest absolute Gasteiger partial charge is 0.331 e. The van der Waals surface area contributed by atoms with Gasteiger partial charge in [-0.05, 0) is 13.3 Å². The summed E-state index contributed by atoms with van der Waals surface area (Å²) in [6.07, 6.45) is 2.00. The fourth-order valence-electron chi connectivity index (χ4n) is 0.477. The molecule has 0 aromatic heterocycles. The number of allylic oxidation sites excluding steroid dienone is 1. The van der Waals surface area contributed by atoms with Crippen LogP contribution in [0.4, 0.5) is 0 Å². The molecule has 0 rings (SSSR count). The number of halogens is 1. The van der Waals surface area contributed by atoms with Gasteiger partial charge in [0.1, 0.15) is 0 Å². The average Bonchev–Trinajstić information content (AvgIpc) is 1.82. The van der Waals surface area contributed by atoms with E-state index in [2.05, 4.69) is 0 Å². The molecule has 0 saturated carbocycles. The SMILES string of the molecule is CC=C(CCCl)C(=O)O. The zero-order valence-electron chi connectivity index (χ0n) is 5.22. The van der Waals surface area contributed by atoms with E-state index in [1.54, 1.807) is 13.0 Å². The highest BCUT2D eigenvalue weighted by Gasteiger charge is 2.02. The van der Waals surface area contributed by atoms with Crippen molar-refractivity contribution in [2.45, 2.75) is 13.3 Å². The van der Waals surface area contributed by atoms with E-state index < -0.39 is 5.97 Å². The van der Waals surface area contributed by atoms with Gasteiger partial charge in [-0.25, -0.2) is 4.79 Å². The Morgan fingerprint density at radius 1 is 1.78 bits per heavy atom. The largest absolute Gasteiger partial charge is 0.478 e. The molecule has 0 heterocycles. The van der Waals surface area contributed by atoms with Gasteiger partial charge < -0.3 is 5.11 Å². The van der Waals surface area contributed by atoms with Crippen molar-refractivity contribution in [3.05, 3.63) is 11.6 Å². The first kappa shape index (κ1) is 8.50. The van der Waals surface area contributed by atoms with Crippen molar-refractivity contribution in [1.29, 1.82) is 0 Å². The van der Waals surface area contributed by atoms with Crippen LogP contribution in [0, 0.1) is 0 Å². The summed E-state index contributed by atoms with van der Waals surface area (Å²) < 4.78 is 0. The summed E-state index contributed by atoms with van der Waals surface area (Å²) in [6.45, 7) is 1.69. The van der Waals surface area contributed by atoms with Crippen LogP contribution in [0.15, 0.2) is 11.6 Å². The minimum Gasteiger partial charge on any atom is -0.478 e. The molecule has 0 amide bonds. The van der Waals surface area contributed by atoms with Crippen molar-refractivity contribution in [2.75, 3.05) is 5.88 Å². The van der Waals surface area contributed by atoms with E-state index in [9.17, 15) is 4.79 Å². The Labute approximate surface area is 59.1 Å². The van der Waals surface area contributed by atoms with Crippen molar-refractivity contribution in [2.24, 2.45) is 0 Å². The Hall–Kier alpha value is -0.500. The lowest BCUT2D eigenvalue weighted by molar-refractivity contribution is -0.132. The van der Waals surface area contributed by atoms with Crippen LogP contribution in [-0.4, -0.2) is 17.0 Å². The van der Waals surface area contributed by atoms with Crippen LogP contribution in [0.25, 0.3) is 0 Å². The maximum atomic E-state index is 10.2. The van der Waals surface area contributed by atoms with E-state index in [0.29, 0.717) is 17.9 Å². The number of carboxylic acid groups (broad SMARTS) is 1. The van der Waals surface area contributed by atoms with Gasteiger partial charge in [-0.3, -0.25) is 0 Å². The van der Waals surface area contributed by atoms with Crippen molar-refractivity contribution in [1.82, 2.24) is 0 Å². The van der Waals surface area contributed by atoms with Crippen molar-refractivity contribution >= 4 is 17.6 Å². The van der Waals surface area contributed by atoms with Crippen LogP contribution >= 0.6 is 11.6 Å². The highest BCUT2D eigenvalue weighted by Crippen LogP contribution is 2.01. The maximum absolute atomic E-state index is 10.2. The molecule has 2 nitrogen and oxygen atoms in total. The predicted molar refractivity (Wildman–Crippen MR) is 36.7 cm³/mol. The number of hydrogen-bond acceptors (Lipinski definition) is 1. The molecule has 0 fully saturated rings. The third-order valence-electron chi connectivity index (χ3n) is 0.987. The van der Waals surface area contributed by atoms with Gasteiger partial charge in [-0.1, -0.05) is 6.08 Å². The number of carboxylic acids is 1. The van der Waals surface area contributed by atoms with Crippen LogP contribution in [0.1, 0.15) is 13.3 Å². The first-order chi connectivity index (χ1) is 4.22. The average molecular weight is 149 g/mol. The van der Waals surface area contributed by atoms with Gasteiger partial charge in [0.2, 0.25) is 0 Å². The monoisotopic (exact) mass is 148 g/mol. The van der Waals surface area contributed by atoms with Crippen LogP contribution in [0.2, 0.25) is 0 Å². The molecule has 0 saturated heterocycles. The standard InChI is InChI=1S/C6H9ClO2/c1-2-5(3-4-7)6(8)9/h2H,3-4H2,1H3,(H,8,9).